The summed E-state index contributed by atoms with van der Waals surface area (Å²) >= 11 is 12.0. The van der Waals surface area contributed by atoms with Crippen LogP contribution in [0.4, 0.5) is 17.2 Å². The number of hydrogen-bond acceptors (Lipinski definition) is 5. The fourth-order valence-corrected chi connectivity index (χ4v) is 3.74. The summed E-state index contributed by atoms with van der Waals surface area (Å²) in [6, 6.07) is 12.3. The molecule has 0 atom stereocenters. The number of imidazole rings is 1. The second-order valence-electron chi connectivity index (χ2n) is 6.32. The molecule has 0 spiro atoms. The van der Waals surface area contributed by atoms with Crippen molar-refractivity contribution in [3.8, 4) is 11.3 Å². The molecule has 0 bridgehead atoms. The van der Waals surface area contributed by atoms with E-state index in [1.54, 1.807) is 48.8 Å². The molecule has 7 nitrogen and oxygen atoms in total. The van der Waals surface area contributed by atoms with Crippen molar-refractivity contribution in [2.24, 2.45) is 0 Å². The molecule has 148 valence electrons. The van der Waals surface area contributed by atoms with E-state index in [2.05, 4.69) is 20.0 Å². The van der Waals surface area contributed by atoms with E-state index in [0.29, 0.717) is 27.2 Å². The van der Waals surface area contributed by atoms with Gasteiger partial charge in [0, 0.05) is 29.3 Å². The summed E-state index contributed by atoms with van der Waals surface area (Å²) in [6.07, 6.45) is 6.27. The first kappa shape index (κ1) is 19.5. The second kappa shape index (κ2) is 7.55. The maximum atomic E-state index is 11.5. The van der Waals surface area contributed by atoms with Crippen LogP contribution < -0.4 is 10.0 Å². The third kappa shape index (κ3) is 4.29. The van der Waals surface area contributed by atoms with Crippen LogP contribution in [-0.2, 0) is 10.0 Å². The molecular weight excluding hydrogens is 433 g/mol. The number of rotatable bonds is 5. The van der Waals surface area contributed by atoms with Gasteiger partial charge in [0.2, 0.25) is 10.0 Å². The number of fused-ring (bicyclic) bond motifs is 1. The van der Waals surface area contributed by atoms with Crippen LogP contribution in [0.25, 0.3) is 16.9 Å². The zero-order valence-corrected chi connectivity index (χ0v) is 17.4. The van der Waals surface area contributed by atoms with Crippen LogP contribution in [0.15, 0.2) is 61.1 Å². The van der Waals surface area contributed by atoms with Gasteiger partial charge in [-0.2, -0.15) is 0 Å². The van der Waals surface area contributed by atoms with Crippen molar-refractivity contribution < 1.29 is 8.42 Å². The van der Waals surface area contributed by atoms with Crippen LogP contribution in [-0.4, -0.2) is 29.0 Å². The number of aromatic nitrogens is 3. The molecule has 2 heterocycles. The van der Waals surface area contributed by atoms with Gasteiger partial charge in [-0.15, -0.1) is 0 Å². The predicted octanol–water partition coefficient (Wildman–Crippen LogP) is 4.82. The quantitative estimate of drug-likeness (QED) is 0.457. The van der Waals surface area contributed by atoms with Gasteiger partial charge in [-0.05, 0) is 30.3 Å². The molecule has 29 heavy (non-hydrogen) atoms. The summed E-state index contributed by atoms with van der Waals surface area (Å²) in [5.41, 5.74) is 3.35. The van der Waals surface area contributed by atoms with Crippen molar-refractivity contribution >= 4 is 56.1 Å². The summed E-state index contributed by atoms with van der Waals surface area (Å²) in [4.78, 5) is 8.89. The standard InChI is InChI=1S/C19H15Cl2N5O2S/c1-29(27,28)25-14-4-2-3-12(9-14)17-11-23-18(19-22-7-8-26(17)19)24-13-5-6-15(20)16(21)10-13/h2-11,25H,1H3,(H,23,24). The van der Waals surface area contributed by atoms with Crippen molar-refractivity contribution in [2.45, 2.75) is 0 Å². The Kier molecular flexibility index (Phi) is 5.08. The molecule has 4 rings (SSSR count). The predicted molar refractivity (Wildman–Crippen MR) is 117 cm³/mol. The molecule has 0 aliphatic rings. The van der Waals surface area contributed by atoms with Gasteiger partial charge in [0.25, 0.3) is 0 Å². The van der Waals surface area contributed by atoms with Gasteiger partial charge in [-0.3, -0.25) is 9.12 Å². The normalized spacial score (nSPS) is 11.6. The van der Waals surface area contributed by atoms with E-state index in [1.165, 1.54) is 0 Å². The third-order valence-corrected chi connectivity index (χ3v) is 5.42. The SMILES string of the molecule is CS(=O)(=O)Nc1cccc(-c2cnc(Nc3ccc(Cl)c(Cl)c3)c3nccn23)c1. The molecule has 0 radical (unpaired) electrons. The van der Waals surface area contributed by atoms with E-state index in [0.717, 1.165) is 23.2 Å². The Labute approximate surface area is 177 Å². The highest BCUT2D eigenvalue weighted by atomic mass is 35.5. The Bertz CT molecular complexity index is 1320. The smallest absolute Gasteiger partial charge is 0.229 e. The van der Waals surface area contributed by atoms with Crippen molar-refractivity contribution in [1.82, 2.24) is 14.4 Å². The van der Waals surface area contributed by atoms with Crippen LogP contribution in [0.1, 0.15) is 0 Å². The molecule has 0 fully saturated rings. The minimum atomic E-state index is -3.37. The third-order valence-electron chi connectivity index (χ3n) is 4.07. The van der Waals surface area contributed by atoms with Crippen molar-refractivity contribution in [3.05, 3.63) is 71.1 Å². The topological polar surface area (TPSA) is 88.4 Å². The molecule has 0 saturated heterocycles. The molecule has 4 aromatic rings. The van der Waals surface area contributed by atoms with Crippen molar-refractivity contribution in [3.63, 3.8) is 0 Å². The average Bonchev–Trinajstić information content (AvgIpc) is 3.14. The maximum Gasteiger partial charge on any atom is 0.229 e. The zero-order valence-electron chi connectivity index (χ0n) is 15.1. The van der Waals surface area contributed by atoms with Crippen LogP contribution in [0.2, 0.25) is 10.0 Å². The number of hydrogen-bond donors (Lipinski definition) is 2. The average molecular weight is 448 g/mol. The van der Waals surface area contributed by atoms with Gasteiger partial charge in [0.05, 0.1) is 28.2 Å². The molecule has 0 aliphatic heterocycles. The number of halogens is 2. The lowest BCUT2D eigenvalue weighted by molar-refractivity contribution is 0.607. The number of benzene rings is 2. The summed E-state index contributed by atoms with van der Waals surface area (Å²) < 4.78 is 27.4. The number of nitrogens with zero attached hydrogens (tertiary/aromatic N) is 3. The van der Waals surface area contributed by atoms with E-state index in [1.807, 2.05) is 16.7 Å². The van der Waals surface area contributed by atoms with Gasteiger partial charge in [0.1, 0.15) is 0 Å². The van der Waals surface area contributed by atoms with Crippen LogP contribution >= 0.6 is 23.2 Å². The zero-order chi connectivity index (χ0) is 20.6. The van der Waals surface area contributed by atoms with Crippen LogP contribution in [0.5, 0.6) is 0 Å². The Morgan fingerprint density at radius 3 is 2.59 bits per heavy atom. The molecule has 2 N–H and O–H groups in total. The minimum Gasteiger partial charge on any atom is -0.337 e. The van der Waals surface area contributed by atoms with Crippen LogP contribution in [0.3, 0.4) is 0 Å². The summed E-state index contributed by atoms with van der Waals surface area (Å²) in [7, 11) is -3.37. The highest BCUT2D eigenvalue weighted by Crippen LogP contribution is 2.29. The van der Waals surface area contributed by atoms with Gasteiger partial charge in [0.15, 0.2) is 11.5 Å². The molecule has 0 aliphatic carbocycles. The van der Waals surface area contributed by atoms with E-state index in [4.69, 9.17) is 23.2 Å². The minimum absolute atomic E-state index is 0.433. The lowest BCUT2D eigenvalue weighted by atomic mass is 10.1. The van der Waals surface area contributed by atoms with E-state index in [9.17, 15) is 8.42 Å². The first-order chi connectivity index (χ1) is 13.8. The number of sulfonamides is 1. The van der Waals surface area contributed by atoms with E-state index in [-0.39, 0.29) is 0 Å². The van der Waals surface area contributed by atoms with Gasteiger partial charge < -0.3 is 5.32 Å². The number of nitrogens with one attached hydrogen (secondary N) is 2. The van der Waals surface area contributed by atoms with E-state index < -0.39 is 10.0 Å². The van der Waals surface area contributed by atoms with Crippen LogP contribution in [0, 0.1) is 0 Å². The summed E-state index contributed by atoms with van der Waals surface area (Å²) in [6.45, 7) is 0. The Morgan fingerprint density at radius 2 is 1.83 bits per heavy atom. The van der Waals surface area contributed by atoms with Crippen molar-refractivity contribution in [1.29, 1.82) is 0 Å². The Balaban J connectivity index is 1.73. The lowest BCUT2D eigenvalue weighted by Gasteiger charge is -2.12. The first-order valence-electron chi connectivity index (χ1n) is 8.42. The molecule has 0 amide bonds. The molecule has 10 heteroatoms. The van der Waals surface area contributed by atoms with Gasteiger partial charge >= 0.3 is 0 Å². The number of anilines is 3. The first-order valence-corrected chi connectivity index (χ1v) is 11.1. The van der Waals surface area contributed by atoms with Gasteiger partial charge in [-0.1, -0.05) is 35.3 Å². The summed E-state index contributed by atoms with van der Waals surface area (Å²) in [5, 5.41) is 4.09. The Morgan fingerprint density at radius 1 is 1.00 bits per heavy atom. The van der Waals surface area contributed by atoms with Crippen molar-refractivity contribution in [2.75, 3.05) is 16.3 Å². The highest BCUT2D eigenvalue weighted by molar-refractivity contribution is 7.92. The molecular formula is C19H15Cl2N5O2S. The monoisotopic (exact) mass is 447 g/mol. The van der Waals surface area contributed by atoms with Gasteiger partial charge in [-0.25, -0.2) is 18.4 Å². The molecule has 2 aromatic carbocycles. The second-order valence-corrected chi connectivity index (χ2v) is 8.88. The fraction of sp³-hybridized carbons (Fsp3) is 0.0526. The highest BCUT2D eigenvalue weighted by Gasteiger charge is 2.12. The molecule has 0 saturated carbocycles. The Hall–Kier alpha value is -2.81. The summed E-state index contributed by atoms with van der Waals surface area (Å²) in [5.74, 6) is 0.544. The largest absolute Gasteiger partial charge is 0.337 e. The fourth-order valence-electron chi connectivity index (χ4n) is 2.89. The molecule has 0 unspecified atom stereocenters. The molecule has 2 aromatic heterocycles. The maximum absolute atomic E-state index is 11.5. The van der Waals surface area contributed by atoms with E-state index >= 15 is 0 Å². The lowest BCUT2D eigenvalue weighted by Crippen LogP contribution is -2.09.